The Hall–Kier alpha value is -2.13. The third-order valence-corrected chi connectivity index (χ3v) is 3.33. The molecule has 0 amide bonds. The smallest absolute Gasteiger partial charge is 0.330 e. The van der Waals surface area contributed by atoms with Crippen LogP contribution in [0, 0.1) is 6.92 Å². The van der Waals surface area contributed by atoms with Gasteiger partial charge in [0, 0.05) is 23.8 Å². The number of methoxy groups -OCH3 is 1. The molecule has 0 aliphatic carbocycles. The van der Waals surface area contributed by atoms with Gasteiger partial charge in [-0.25, -0.2) is 4.79 Å². The van der Waals surface area contributed by atoms with Gasteiger partial charge >= 0.3 is 5.69 Å². The lowest BCUT2D eigenvalue weighted by molar-refractivity contribution is -0.0527. The normalized spacial score (nSPS) is 28.3. The first kappa shape index (κ1) is 15.3. The predicted octanol–water partition coefficient (Wildman–Crippen LogP) is -0.571. The lowest BCUT2D eigenvalue weighted by atomic mass is 10.1. The van der Waals surface area contributed by atoms with Crippen molar-refractivity contribution in [3.63, 3.8) is 0 Å². The molecule has 0 spiro atoms. The highest BCUT2D eigenvalue weighted by molar-refractivity contribution is 5.03. The van der Waals surface area contributed by atoms with Gasteiger partial charge in [0.1, 0.15) is 12.2 Å². The molecule has 1 unspecified atom stereocenters. The molecule has 114 valence electrons. The van der Waals surface area contributed by atoms with Gasteiger partial charge in [0.05, 0.1) is 12.6 Å². The molecule has 10 nitrogen and oxygen atoms in total. The predicted molar refractivity (Wildman–Crippen MR) is 70.8 cm³/mol. The van der Waals surface area contributed by atoms with Crippen molar-refractivity contribution in [2.45, 2.75) is 31.5 Å². The van der Waals surface area contributed by atoms with E-state index in [1.807, 2.05) is 0 Å². The van der Waals surface area contributed by atoms with Gasteiger partial charge in [-0.1, -0.05) is 5.11 Å². The van der Waals surface area contributed by atoms with Crippen molar-refractivity contribution in [1.82, 2.24) is 9.55 Å². The van der Waals surface area contributed by atoms with Crippen molar-refractivity contribution in [3.8, 4) is 0 Å². The molecule has 1 saturated heterocycles. The second-order valence-electron chi connectivity index (χ2n) is 4.65. The van der Waals surface area contributed by atoms with E-state index in [9.17, 15) is 14.7 Å². The van der Waals surface area contributed by atoms with Crippen LogP contribution >= 0.6 is 0 Å². The van der Waals surface area contributed by atoms with Crippen LogP contribution in [0.1, 0.15) is 11.8 Å². The number of rotatable bonds is 4. The molecule has 10 heteroatoms. The van der Waals surface area contributed by atoms with Crippen LogP contribution in [0.4, 0.5) is 0 Å². The highest BCUT2D eigenvalue weighted by atomic mass is 16.6. The maximum Gasteiger partial charge on any atom is 0.330 e. The third kappa shape index (κ3) is 2.83. The molecule has 2 heterocycles. The molecule has 1 fully saturated rings. The summed E-state index contributed by atoms with van der Waals surface area (Å²) >= 11 is 0. The number of aliphatic hydroxyl groups excluding tert-OH is 1. The highest BCUT2D eigenvalue weighted by Crippen LogP contribution is 2.30. The molecule has 4 atom stereocenters. The monoisotopic (exact) mass is 297 g/mol. The molecule has 0 saturated carbocycles. The first-order chi connectivity index (χ1) is 9.99. The first-order valence-electron chi connectivity index (χ1n) is 6.18. The van der Waals surface area contributed by atoms with Gasteiger partial charge in [-0.15, -0.1) is 0 Å². The zero-order valence-electron chi connectivity index (χ0n) is 11.5. The fourth-order valence-corrected chi connectivity index (χ4v) is 2.24. The molecule has 1 aliphatic heterocycles. The largest absolute Gasteiger partial charge is 0.388 e. The van der Waals surface area contributed by atoms with Crippen LogP contribution in [0.2, 0.25) is 0 Å². The topological polar surface area (TPSA) is 142 Å². The van der Waals surface area contributed by atoms with Crippen molar-refractivity contribution in [1.29, 1.82) is 0 Å². The van der Waals surface area contributed by atoms with Crippen LogP contribution in [0.5, 0.6) is 0 Å². The van der Waals surface area contributed by atoms with Crippen molar-refractivity contribution in [2.75, 3.05) is 13.7 Å². The molecule has 1 aromatic rings. The summed E-state index contributed by atoms with van der Waals surface area (Å²) in [7, 11) is 1.36. The number of nitrogens with one attached hydrogen (secondary N) is 1. The van der Waals surface area contributed by atoms with E-state index >= 15 is 0 Å². The maximum atomic E-state index is 11.9. The Labute approximate surface area is 118 Å². The van der Waals surface area contributed by atoms with E-state index < -0.39 is 35.8 Å². The Morgan fingerprint density at radius 3 is 2.95 bits per heavy atom. The molecule has 21 heavy (non-hydrogen) atoms. The number of ether oxygens (including phenoxy) is 2. The Morgan fingerprint density at radius 1 is 1.62 bits per heavy atom. The number of azide groups is 1. The van der Waals surface area contributed by atoms with E-state index in [1.54, 1.807) is 6.92 Å². The summed E-state index contributed by atoms with van der Waals surface area (Å²) in [6.45, 7) is 1.45. The van der Waals surface area contributed by atoms with Gasteiger partial charge in [0.15, 0.2) is 6.23 Å². The summed E-state index contributed by atoms with van der Waals surface area (Å²) < 4.78 is 11.8. The van der Waals surface area contributed by atoms with Gasteiger partial charge in [0.25, 0.3) is 5.56 Å². The average molecular weight is 297 g/mol. The van der Waals surface area contributed by atoms with Crippen LogP contribution in [0.15, 0.2) is 20.9 Å². The second-order valence-corrected chi connectivity index (χ2v) is 4.65. The summed E-state index contributed by atoms with van der Waals surface area (Å²) in [5, 5.41) is 13.5. The molecular formula is C11H15N5O5. The van der Waals surface area contributed by atoms with Crippen molar-refractivity contribution < 1.29 is 14.6 Å². The molecule has 2 rings (SSSR count). The highest BCUT2D eigenvalue weighted by Gasteiger charge is 2.45. The number of aromatic amines is 1. The van der Waals surface area contributed by atoms with Crippen LogP contribution in [-0.4, -0.2) is 46.6 Å². The van der Waals surface area contributed by atoms with Gasteiger partial charge in [-0.05, 0) is 12.5 Å². The Morgan fingerprint density at radius 2 is 2.33 bits per heavy atom. The van der Waals surface area contributed by atoms with E-state index in [0.29, 0.717) is 5.56 Å². The third-order valence-electron chi connectivity index (χ3n) is 3.33. The molecule has 0 aromatic carbocycles. The average Bonchev–Trinajstić information content (AvgIpc) is 2.76. The minimum atomic E-state index is -1.07. The Kier molecular flexibility index (Phi) is 4.43. The summed E-state index contributed by atoms with van der Waals surface area (Å²) in [6, 6.07) is 0. The van der Waals surface area contributed by atoms with Crippen LogP contribution in [-0.2, 0) is 9.47 Å². The van der Waals surface area contributed by atoms with Gasteiger partial charge in [0.2, 0.25) is 0 Å². The van der Waals surface area contributed by atoms with E-state index in [1.165, 1.54) is 13.3 Å². The number of aromatic nitrogens is 2. The fraction of sp³-hybridized carbons (Fsp3) is 0.636. The number of hydrogen-bond donors (Lipinski definition) is 2. The summed E-state index contributed by atoms with van der Waals surface area (Å²) in [4.78, 5) is 28.0. The van der Waals surface area contributed by atoms with Crippen molar-refractivity contribution in [3.05, 3.63) is 43.0 Å². The number of aryl methyl sites for hydroxylation is 1. The molecule has 2 N–H and O–H groups in total. The van der Waals surface area contributed by atoms with E-state index in [0.717, 1.165) is 4.57 Å². The van der Waals surface area contributed by atoms with Gasteiger partial charge in [-0.3, -0.25) is 14.3 Å². The molecule has 1 aliphatic rings. The second kappa shape index (κ2) is 6.10. The van der Waals surface area contributed by atoms with Crippen LogP contribution in [0.25, 0.3) is 10.4 Å². The van der Waals surface area contributed by atoms with Crippen LogP contribution in [0.3, 0.4) is 0 Å². The van der Waals surface area contributed by atoms with Crippen LogP contribution < -0.4 is 11.2 Å². The zero-order valence-corrected chi connectivity index (χ0v) is 11.5. The van der Waals surface area contributed by atoms with E-state index in [2.05, 4.69) is 15.0 Å². The molecular weight excluding hydrogens is 282 g/mol. The SMILES string of the molecule is CO[C@H]1C(O)[C@@H](CN=[N+]=[N-])O[C@H]1n1cc(C)c(=O)[nH]c1=O. The standard InChI is InChI=1S/C11H15N5O5/c1-5-4-16(11(19)14-9(5)18)10-8(20-2)7(17)6(21-10)3-13-15-12/h4,6-8,10,17H,3H2,1-2H3,(H,14,18,19)/t6-,7?,8+,10-/m1/s1. The maximum absolute atomic E-state index is 11.9. The number of aliphatic hydroxyl groups is 1. The minimum absolute atomic E-state index is 0.0922. The quantitative estimate of drug-likeness (QED) is 0.434. The van der Waals surface area contributed by atoms with Crippen molar-refractivity contribution >= 4 is 0 Å². The lowest BCUT2D eigenvalue weighted by Crippen LogP contribution is -2.39. The fourth-order valence-electron chi connectivity index (χ4n) is 2.24. The van der Waals surface area contributed by atoms with Gasteiger partial charge < -0.3 is 14.6 Å². The van der Waals surface area contributed by atoms with E-state index in [4.69, 9.17) is 15.0 Å². The molecule has 0 bridgehead atoms. The zero-order chi connectivity index (χ0) is 15.6. The lowest BCUT2D eigenvalue weighted by Gasteiger charge is -2.20. The number of nitrogens with zero attached hydrogens (tertiary/aromatic N) is 4. The summed E-state index contributed by atoms with van der Waals surface area (Å²) in [5.41, 5.74) is 7.48. The van der Waals surface area contributed by atoms with Gasteiger partial charge in [-0.2, -0.15) is 0 Å². The number of hydrogen-bond acceptors (Lipinski definition) is 6. The van der Waals surface area contributed by atoms with E-state index in [-0.39, 0.29) is 6.54 Å². The Balaban J connectivity index is 2.38. The molecule has 0 radical (unpaired) electrons. The Bertz CT molecular complexity index is 676. The minimum Gasteiger partial charge on any atom is -0.388 e. The summed E-state index contributed by atoms with van der Waals surface area (Å²) in [5.74, 6) is 0. The number of H-pyrrole nitrogens is 1. The molecule has 1 aromatic heterocycles. The summed E-state index contributed by atoms with van der Waals surface area (Å²) in [6.07, 6.45) is -2.28. The van der Waals surface area contributed by atoms with Crippen molar-refractivity contribution in [2.24, 2.45) is 5.11 Å². The first-order valence-corrected chi connectivity index (χ1v) is 6.18.